The van der Waals surface area contributed by atoms with Crippen molar-refractivity contribution in [3.63, 3.8) is 0 Å². The van der Waals surface area contributed by atoms with Gasteiger partial charge in [0.25, 0.3) is 0 Å². The lowest BCUT2D eigenvalue weighted by Crippen LogP contribution is -2.40. The van der Waals surface area contributed by atoms with Crippen LogP contribution in [0.3, 0.4) is 0 Å². The normalized spacial score (nSPS) is 14.2. The van der Waals surface area contributed by atoms with E-state index in [1.165, 1.54) is 0 Å². The zero-order chi connectivity index (χ0) is 10.4. The van der Waals surface area contributed by atoms with E-state index < -0.39 is 0 Å². The Morgan fingerprint density at radius 2 is 2.57 bits per heavy atom. The second-order valence-electron chi connectivity index (χ2n) is 2.97. The molecule has 0 amide bonds. The van der Waals surface area contributed by atoms with Gasteiger partial charge in [-0.25, -0.2) is 0 Å². The molecule has 0 spiro atoms. The second kappa shape index (κ2) is 5.23. The Kier molecular flexibility index (Phi) is 3.93. The monoisotopic (exact) mass is 197 g/mol. The van der Waals surface area contributed by atoms with Crippen LogP contribution in [-0.2, 0) is 6.54 Å². The number of hydrogen-bond acceptors (Lipinski definition) is 4. The van der Waals surface area contributed by atoms with Gasteiger partial charge in [-0.15, -0.1) is 0 Å². The first-order chi connectivity index (χ1) is 6.74. The first kappa shape index (κ1) is 10.5. The van der Waals surface area contributed by atoms with Gasteiger partial charge in [0, 0.05) is 18.9 Å². The average molecular weight is 197 g/mol. The highest BCUT2D eigenvalue weighted by atomic mass is 16.4. The molecule has 1 aromatic rings. The molecule has 0 radical (unpaired) electrons. The molecule has 0 aromatic carbocycles. The number of nitrogens with one attached hydrogen (secondary N) is 1. The van der Waals surface area contributed by atoms with Crippen molar-refractivity contribution in [3.05, 3.63) is 18.5 Å². The van der Waals surface area contributed by atoms with E-state index in [1.807, 2.05) is 23.9 Å². The van der Waals surface area contributed by atoms with E-state index in [0.717, 1.165) is 13.1 Å². The van der Waals surface area contributed by atoms with Crippen molar-refractivity contribution < 1.29 is 5.21 Å². The Labute approximate surface area is 82.4 Å². The predicted molar refractivity (Wildman–Crippen MR) is 53.1 cm³/mol. The van der Waals surface area contributed by atoms with Crippen molar-refractivity contribution in [1.29, 1.82) is 0 Å². The number of aromatic nitrogens is 2. The van der Waals surface area contributed by atoms with E-state index in [1.54, 1.807) is 6.20 Å². The summed E-state index contributed by atoms with van der Waals surface area (Å²) in [5, 5.41) is 18.4. The lowest BCUT2D eigenvalue weighted by molar-refractivity contribution is 0.315. The lowest BCUT2D eigenvalue weighted by atomic mass is 10.3. The SMILES string of the molecule is CC(NCCn1cccn1)C(N)=NO. The van der Waals surface area contributed by atoms with Gasteiger partial charge < -0.3 is 16.3 Å². The maximum Gasteiger partial charge on any atom is 0.156 e. The summed E-state index contributed by atoms with van der Waals surface area (Å²) in [5.74, 6) is 0.186. The number of hydrogen-bond donors (Lipinski definition) is 3. The smallest absolute Gasteiger partial charge is 0.156 e. The molecule has 14 heavy (non-hydrogen) atoms. The van der Waals surface area contributed by atoms with Gasteiger partial charge in [-0.3, -0.25) is 4.68 Å². The second-order valence-corrected chi connectivity index (χ2v) is 2.97. The van der Waals surface area contributed by atoms with Gasteiger partial charge >= 0.3 is 0 Å². The minimum atomic E-state index is -0.129. The lowest BCUT2D eigenvalue weighted by Gasteiger charge is -2.11. The fourth-order valence-electron chi connectivity index (χ4n) is 1.02. The van der Waals surface area contributed by atoms with Gasteiger partial charge in [-0.2, -0.15) is 5.10 Å². The largest absolute Gasteiger partial charge is 0.409 e. The van der Waals surface area contributed by atoms with Crippen molar-refractivity contribution in [3.8, 4) is 0 Å². The molecule has 1 atom stereocenters. The van der Waals surface area contributed by atoms with Gasteiger partial charge in [0.2, 0.25) is 0 Å². The maximum absolute atomic E-state index is 8.39. The summed E-state index contributed by atoms with van der Waals surface area (Å²) in [4.78, 5) is 0. The van der Waals surface area contributed by atoms with Crippen molar-refractivity contribution >= 4 is 5.84 Å². The van der Waals surface area contributed by atoms with Crippen LogP contribution < -0.4 is 11.1 Å². The summed E-state index contributed by atoms with van der Waals surface area (Å²) in [6.07, 6.45) is 3.61. The summed E-state index contributed by atoms with van der Waals surface area (Å²) in [6, 6.07) is 1.74. The third-order valence-electron chi connectivity index (χ3n) is 1.91. The molecule has 0 saturated carbocycles. The highest BCUT2D eigenvalue weighted by molar-refractivity contribution is 5.84. The molecule has 1 rings (SSSR count). The minimum absolute atomic E-state index is 0.129. The Morgan fingerprint density at radius 3 is 3.14 bits per heavy atom. The predicted octanol–water partition coefficient (Wildman–Crippen LogP) is -0.392. The molecule has 0 aliphatic rings. The average Bonchev–Trinajstić information content (AvgIpc) is 2.69. The minimum Gasteiger partial charge on any atom is -0.409 e. The van der Waals surface area contributed by atoms with Crippen LogP contribution >= 0.6 is 0 Å². The Balaban J connectivity index is 2.22. The first-order valence-corrected chi connectivity index (χ1v) is 4.42. The Hall–Kier alpha value is -1.56. The number of oxime groups is 1. The summed E-state index contributed by atoms with van der Waals surface area (Å²) >= 11 is 0. The molecule has 78 valence electrons. The molecule has 1 unspecified atom stereocenters. The standard InChI is InChI=1S/C8H15N5O/c1-7(8(9)12-14)10-4-6-13-5-2-3-11-13/h2-3,5,7,10,14H,4,6H2,1H3,(H2,9,12). The van der Waals surface area contributed by atoms with E-state index in [0.29, 0.717) is 0 Å². The van der Waals surface area contributed by atoms with Crippen LogP contribution in [0.2, 0.25) is 0 Å². The molecule has 0 saturated heterocycles. The summed E-state index contributed by atoms with van der Waals surface area (Å²) in [7, 11) is 0. The highest BCUT2D eigenvalue weighted by Crippen LogP contribution is 1.85. The van der Waals surface area contributed by atoms with Gasteiger partial charge in [0.05, 0.1) is 12.6 Å². The highest BCUT2D eigenvalue weighted by Gasteiger charge is 2.05. The fraction of sp³-hybridized carbons (Fsp3) is 0.500. The van der Waals surface area contributed by atoms with Crippen LogP contribution in [0, 0.1) is 0 Å². The van der Waals surface area contributed by atoms with E-state index in [4.69, 9.17) is 10.9 Å². The zero-order valence-corrected chi connectivity index (χ0v) is 8.09. The van der Waals surface area contributed by atoms with Crippen LogP contribution in [0.15, 0.2) is 23.6 Å². The summed E-state index contributed by atoms with van der Waals surface area (Å²) in [5.41, 5.74) is 5.39. The van der Waals surface area contributed by atoms with Crippen molar-refractivity contribution in [1.82, 2.24) is 15.1 Å². The number of nitrogens with two attached hydrogens (primary N) is 1. The zero-order valence-electron chi connectivity index (χ0n) is 8.09. The van der Waals surface area contributed by atoms with Gasteiger partial charge in [0.15, 0.2) is 5.84 Å². The van der Waals surface area contributed by atoms with Crippen LogP contribution in [0.4, 0.5) is 0 Å². The summed E-state index contributed by atoms with van der Waals surface area (Å²) < 4.78 is 1.81. The Morgan fingerprint density at radius 1 is 1.79 bits per heavy atom. The fourth-order valence-corrected chi connectivity index (χ4v) is 1.02. The first-order valence-electron chi connectivity index (χ1n) is 4.42. The van der Waals surface area contributed by atoms with Gasteiger partial charge in [0.1, 0.15) is 0 Å². The van der Waals surface area contributed by atoms with E-state index >= 15 is 0 Å². The van der Waals surface area contributed by atoms with Crippen molar-refractivity contribution in [2.45, 2.75) is 19.5 Å². The molecule has 0 bridgehead atoms. The summed E-state index contributed by atoms with van der Waals surface area (Å²) in [6.45, 7) is 3.31. The molecule has 0 aliphatic carbocycles. The van der Waals surface area contributed by atoms with Crippen LogP contribution in [0.5, 0.6) is 0 Å². The van der Waals surface area contributed by atoms with Crippen molar-refractivity contribution in [2.24, 2.45) is 10.9 Å². The molecule has 0 fully saturated rings. The Bertz CT molecular complexity index is 282. The third-order valence-corrected chi connectivity index (χ3v) is 1.91. The molecule has 4 N–H and O–H groups in total. The van der Waals surface area contributed by atoms with E-state index in [9.17, 15) is 0 Å². The number of nitrogens with zero attached hydrogens (tertiary/aromatic N) is 3. The number of amidine groups is 1. The molecule has 1 aromatic heterocycles. The topological polar surface area (TPSA) is 88.5 Å². The molecular formula is C8H15N5O. The van der Waals surface area contributed by atoms with Gasteiger partial charge in [-0.05, 0) is 13.0 Å². The molecule has 6 heteroatoms. The van der Waals surface area contributed by atoms with E-state index in [-0.39, 0.29) is 11.9 Å². The number of rotatable bonds is 5. The maximum atomic E-state index is 8.39. The van der Waals surface area contributed by atoms with E-state index in [2.05, 4.69) is 15.6 Å². The molecule has 6 nitrogen and oxygen atoms in total. The van der Waals surface area contributed by atoms with Gasteiger partial charge in [-0.1, -0.05) is 5.16 Å². The van der Waals surface area contributed by atoms with Crippen LogP contribution in [-0.4, -0.2) is 33.4 Å². The van der Waals surface area contributed by atoms with Crippen molar-refractivity contribution in [2.75, 3.05) is 6.54 Å². The quantitative estimate of drug-likeness (QED) is 0.259. The van der Waals surface area contributed by atoms with Crippen LogP contribution in [0.1, 0.15) is 6.92 Å². The molecular weight excluding hydrogens is 182 g/mol. The molecule has 0 aliphatic heterocycles. The van der Waals surface area contributed by atoms with Crippen LogP contribution in [0.25, 0.3) is 0 Å². The third kappa shape index (κ3) is 3.06. The molecule has 1 heterocycles.